The molecule has 0 aromatic heterocycles. The van der Waals surface area contributed by atoms with E-state index >= 15 is 0 Å². The highest BCUT2D eigenvalue weighted by Crippen LogP contribution is 2.34. The predicted octanol–water partition coefficient (Wildman–Crippen LogP) is 4.78. The number of hydrogen-bond donors (Lipinski definition) is 0. The smallest absolute Gasteiger partial charge is 0.284 e. The molecule has 192 valence electrons. The number of ether oxygens (including phenoxy) is 4. The monoisotopic (exact) mass is 580 g/mol. The molecule has 0 fully saturated rings. The van der Waals surface area contributed by atoms with E-state index in [-0.39, 0.29) is 28.1 Å². The van der Waals surface area contributed by atoms with E-state index in [2.05, 4.69) is 15.9 Å². The summed E-state index contributed by atoms with van der Waals surface area (Å²) in [5, 5.41) is 11.5. The Morgan fingerprint density at radius 3 is 1.72 bits per heavy atom. The lowest BCUT2D eigenvalue weighted by Gasteiger charge is -2.24. The minimum atomic E-state index is -4.22. The van der Waals surface area contributed by atoms with E-state index in [1.165, 1.54) is 44.9 Å². The van der Waals surface area contributed by atoms with E-state index in [0.29, 0.717) is 34.1 Å². The molecule has 0 heterocycles. The number of nitro groups is 1. The Balaban J connectivity index is 2.13. The van der Waals surface area contributed by atoms with Crippen molar-refractivity contribution in [3.8, 4) is 23.0 Å². The highest BCUT2D eigenvalue weighted by atomic mass is 79.9. The van der Waals surface area contributed by atoms with Crippen LogP contribution in [0.2, 0.25) is 0 Å². The zero-order chi connectivity index (χ0) is 26.5. The minimum Gasteiger partial charge on any atom is -0.497 e. The Labute approximate surface area is 217 Å². The van der Waals surface area contributed by atoms with Gasteiger partial charge in [-0.15, -0.1) is 0 Å². The lowest BCUT2D eigenvalue weighted by Crippen LogP contribution is -2.30. The van der Waals surface area contributed by atoms with Gasteiger partial charge < -0.3 is 18.9 Å². The van der Waals surface area contributed by atoms with Crippen molar-refractivity contribution in [2.75, 3.05) is 28.4 Å². The van der Waals surface area contributed by atoms with Crippen LogP contribution in [-0.2, 0) is 23.1 Å². The fourth-order valence-corrected chi connectivity index (χ4v) is 5.32. The molecule has 0 saturated carbocycles. The van der Waals surface area contributed by atoms with Crippen LogP contribution in [0.5, 0.6) is 23.0 Å². The van der Waals surface area contributed by atoms with Gasteiger partial charge in [0.15, 0.2) is 0 Å². The summed E-state index contributed by atoms with van der Waals surface area (Å²) in [7, 11) is 1.76. The standard InChI is InChI=1S/C24H25BrN2O8S/c1-32-18-7-5-16(23(11-18)34-3)14-26(15-17-6-8-19(33-2)12-24(17)35-4)36(30,31)20-9-10-21(25)22(13-20)27(28)29/h5-13H,14-15H2,1-4H3. The predicted molar refractivity (Wildman–Crippen MR) is 136 cm³/mol. The molecule has 0 saturated heterocycles. The van der Waals surface area contributed by atoms with Crippen LogP contribution in [0.4, 0.5) is 5.69 Å². The molecule has 0 amide bonds. The lowest BCUT2D eigenvalue weighted by molar-refractivity contribution is -0.385. The molecule has 12 heteroatoms. The van der Waals surface area contributed by atoms with Gasteiger partial charge in [-0.3, -0.25) is 10.1 Å². The van der Waals surface area contributed by atoms with E-state index in [9.17, 15) is 18.5 Å². The van der Waals surface area contributed by atoms with Crippen molar-refractivity contribution in [1.29, 1.82) is 0 Å². The summed E-state index contributed by atoms with van der Waals surface area (Å²) in [4.78, 5) is 10.6. The summed E-state index contributed by atoms with van der Waals surface area (Å²) >= 11 is 3.10. The van der Waals surface area contributed by atoms with Gasteiger partial charge in [-0.2, -0.15) is 4.31 Å². The van der Waals surface area contributed by atoms with Crippen LogP contribution >= 0.6 is 15.9 Å². The minimum absolute atomic E-state index is 0.0887. The third-order valence-electron chi connectivity index (χ3n) is 5.43. The highest BCUT2D eigenvalue weighted by Gasteiger charge is 2.29. The van der Waals surface area contributed by atoms with Crippen LogP contribution in [-0.4, -0.2) is 46.1 Å². The molecule has 0 aliphatic carbocycles. The van der Waals surface area contributed by atoms with E-state index in [0.717, 1.165) is 6.07 Å². The van der Waals surface area contributed by atoms with Gasteiger partial charge in [-0.1, -0.05) is 12.1 Å². The first-order chi connectivity index (χ1) is 17.1. The molecule has 0 spiro atoms. The number of rotatable bonds is 11. The van der Waals surface area contributed by atoms with Gasteiger partial charge in [-0.05, 0) is 40.2 Å². The van der Waals surface area contributed by atoms with Gasteiger partial charge in [0, 0.05) is 42.4 Å². The number of sulfonamides is 1. The molecule has 36 heavy (non-hydrogen) atoms. The van der Waals surface area contributed by atoms with Crippen LogP contribution < -0.4 is 18.9 Å². The highest BCUT2D eigenvalue weighted by molar-refractivity contribution is 9.10. The average molecular weight is 581 g/mol. The van der Waals surface area contributed by atoms with Gasteiger partial charge in [0.2, 0.25) is 10.0 Å². The Hall–Kier alpha value is -3.35. The van der Waals surface area contributed by atoms with Crippen molar-refractivity contribution < 1.29 is 32.3 Å². The number of hydrogen-bond acceptors (Lipinski definition) is 8. The van der Waals surface area contributed by atoms with Crippen molar-refractivity contribution in [1.82, 2.24) is 4.31 Å². The molecule has 3 rings (SSSR count). The number of nitrogens with zero attached hydrogens (tertiary/aromatic N) is 2. The van der Waals surface area contributed by atoms with Crippen LogP contribution in [0.25, 0.3) is 0 Å². The van der Waals surface area contributed by atoms with Crippen LogP contribution in [0.3, 0.4) is 0 Å². The van der Waals surface area contributed by atoms with Crippen LogP contribution in [0.15, 0.2) is 64.0 Å². The third-order valence-corrected chi connectivity index (χ3v) is 7.89. The fourth-order valence-electron chi connectivity index (χ4n) is 3.51. The number of nitro benzene ring substituents is 1. The van der Waals surface area contributed by atoms with Crippen molar-refractivity contribution >= 4 is 31.6 Å². The van der Waals surface area contributed by atoms with E-state index in [1.54, 1.807) is 36.4 Å². The van der Waals surface area contributed by atoms with Gasteiger partial charge in [0.05, 0.1) is 42.7 Å². The number of benzene rings is 3. The molecule has 10 nitrogen and oxygen atoms in total. The topological polar surface area (TPSA) is 117 Å². The Morgan fingerprint density at radius 2 is 1.31 bits per heavy atom. The normalized spacial score (nSPS) is 11.3. The summed E-state index contributed by atoms with van der Waals surface area (Å²) in [6.45, 7) is -0.177. The summed E-state index contributed by atoms with van der Waals surface area (Å²) in [5.41, 5.74) is 0.780. The van der Waals surface area contributed by atoms with Crippen molar-refractivity contribution in [3.63, 3.8) is 0 Å². The molecule has 0 unspecified atom stereocenters. The second kappa shape index (κ2) is 11.6. The molecule has 3 aromatic rings. The summed E-state index contributed by atoms with van der Waals surface area (Å²) in [6, 6.07) is 13.8. The molecular weight excluding hydrogens is 556 g/mol. The first-order valence-corrected chi connectivity index (χ1v) is 12.7. The molecule has 0 aliphatic rings. The number of methoxy groups -OCH3 is 4. The van der Waals surface area contributed by atoms with Crippen molar-refractivity contribution in [2.45, 2.75) is 18.0 Å². The molecule has 0 bridgehead atoms. The van der Waals surface area contributed by atoms with E-state index in [4.69, 9.17) is 18.9 Å². The Morgan fingerprint density at radius 1 is 0.806 bits per heavy atom. The third kappa shape index (κ3) is 5.89. The molecule has 0 aliphatic heterocycles. The summed E-state index contributed by atoms with van der Waals surface area (Å²) in [6.07, 6.45) is 0. The zero-order valence-corrected chi connectivity index (χ0v) is 22.5. The zero-order valence-electron chi connectivity index (χ0n) is 20.1. The van der Waals surface area contributed by atoms with E-state index < -0.39 is 14.9 Å². The average Bonchev–Trinajstić information content (AvgIpc) is 2.88. The SMILES string of the molecule is COc1ccc(CN(Cc2ccc(OC)cc2OC)S(=O)(=O)c2ccc(Br)c([N+](=O)[O-])c2)c(OC)c1. The quantitative estimate of drug-likeness (QED) is 0.235. The Bertz CT molecular complexity index is 1310. The molecular formula is C24H25BrN2O8S. The second-order valence-corrected chi connectivity index (χ2v) is 10.3. The van der Waals surface area contributed by atoms with Gasteiger partial charge in [0.1, 0.15) is 23.0 Å². The van der Waals surface area contributed by atoms with E-state index in [1.807, 2.05) is 0 Å². The molecule has 0 atom stereocenters. The molecule has 3 aromatic carbocycles. The van der Waals surface area contributed by atoms with Gasteiger partial charge in [-0.25, -0.2) is 8.42 Å². The van der Waals surface area contributed by atoms with Crippen molar-refractivity contribution in [3.05, 3.63) is 80.3 Å². The van der Waals surface area contributed by atoms with Crippen LogP contribution in [0.1, 0.15) is 11.1 Å². The van der Waals surface area contributed by atoms with Gasteiger partial charge >= 0.3 is 0 Å². The van der Waals surface area contributed by atoms with Crippen molar-refractivity contribution in [2.24, 2.45) is 0 Å². The largest absolute Gasteiger partial charge is 0.497 e. The summed E-state index contributed by atoms with van der Waals surface area (Å²) < 4.78 is 50.4. The fraction of sp³-hybridized carbons (Fsp3) is 0.250. The maximum absolute atomic E-state index is 13.8. The van der Waals surface area contributed by atoms with Gasteiger partial charge in [0.25, 0.3) is 5.69 Å². The first kappa shape index (κ1) is 27.2. The number of halogens is 1. The second-order valence-electron chi connectivity index (χ2n) is 7.50. The summed E-state index contributed by atoms with van der Waals surface area (Å²) in [5.74, 6) is 1.95. The Kier molecular flexibility index (Phi) is 8.77. The molecule has 0 radical (unpaired) electrons. The molecule has 0 N–H and O–H groups in total. The maximum atomic E-state index is 13.8. The lowest BCUT2D eigenvalue weighted by atomic mass is 10.1. The van der Waals surface area contributed by atoms with Crippen LogP contribution in [0, 0.1) is 10.1 Å². The first-order valence-electron chi connectivity index (χ1n) is 10.5. The maximum Gasteiger partial charge on any atom is 0.284 e.